The minimum Gasteiger partial charge on any atom is -0.460 e. The van der Waals surface area contributed by atoms with E-state index in [0.717, 1.165) is 48.2 Å². The van der Waals surface area contributed by atoms with Gasteiger partial charge in [-0.2, -0.15) is 0 Å². The number of unbranched alkanes of at least 4 members (excludes halogenated alkanes) is 6. The minimum atomic E-state index is 0.108. The van der Waals surface area contributed by atoms with Crippen molar-refractivity contribution in [3.8, 4) is 11.5 Å². The maximum atomic E-state index is 13.7. The van der Waals surface area contributed by atoms with Gasteiger partial charge < -0.3 is 9.32 Å². The second-order valence-electron chi connectivity index (χ2n) is 8.40. The van der Waals surface area contributed by atoms with Gasteiger partial charge in [-0.25, -0.2) is 4.98 Å². The summed E-state index contributed by atoms with van der Waals surface area (Å²) in [5.74, 6) is 1.65. The summed E-state index contributed by atoms with van der Waals surface area (Å²) in [7, 11) is 0. The molecule has 0 spiro atoms. The third-order valence-electron chi connectivity index (χ3n) is 5.79. The van der Waals surface area contributed by atoms with Crippen LogP contribution in [0.15, 0.2) is 46.9 Å². The number of rotatable bonds is 12. The highest BCUT2D eigenvalue weighted by molar-refractivity contribution is 6.07. The third-order valence-corrected chi connectivity index (χ3v) is 5.79. The Hall–Kier alpha value is -2.62. The molecule has 1 amide bonds. The number of fused-ring (bicyclic) bond motifs is 1. The van der Waals surface area contributed by atoms with Crippen molar-refractivity contribution >= 4 is 16.8 Å². The number of benzene rings is 1. The number of hydrogen-bond acceptors (Lipinski definition) is 3. The van der Waals surface area contributed by atoms with E-state index in [4.69, 9.17) is 9.40 Å². The van der Waals surface area contributed by atoms with Crippen LogP contribution in [0.25, 0.3) is 22.4 Å². The normalized spacial score (nSPS) is 11.2. The van der Waals surface area contributed by atoms with Crippen LogP contribution in [0.3, 0.4) is 0 Å². The molecule has 0 N–H and O–H groups in total. The monoisotopic (exact) mass is 420 g/mol. The van der Waals surface area contributed by atoms with Gasteiger partial charge in [0.15, 0.2) is 5.76 Å². The molecule has 4 nitrogen and oxygen atoms in total. The zero-order chi connectivity index (χ0) is 22.1. The molecule has 0 aliphatic rings. The molecule has 0 fully saturated rings. The summed E-state index contributed by atoms with van der Waals surface area (Å²) in [6.45, 7) is 7.99. The molecule has 2 heterocycles. The van der Waals surface area contributed by atoms with Gasteiger partial charge in [0.25, 0.3) is 5.91 Å². The SMILES string of the molecule is CCCCCCN(CCCCCC)C(=O)c1cc(-c2ccc(C)o2)nc2ccccc12. The summed E-state index contributed by atoms with van der Waals surface area (Å²) in [6.07, 6.45) is 9.29. The highest BCUT2D eigenvalue weighted by Crippen LogP contribution is 2.27. The first-order chi connectivity index (χ1) is 15.1. The van der Waals surface area contributed by atoms with Crippen LogP contribution in [0.1, 0.15) is 81.3 Å². The summed E-state index contributed by atoms with van der Waals surface area (Å²) in [5, 5.41) is 0.909. The van der Waals surface area contributed by atoms with Gasteiger partial charge in [0.2, 0.25) is 0 Å². The van der Waals surface area contributed by atoms with E-state index in [2.05, 4.69) is 18.7 Å². The fourth-order valence-electron chi connectivity index (χ4n) is 3.99. The van der Waals surface area contributed by atoms with Crippen LogP contribution in [0.4, 0.5) is 0 Å². The lowest BCUT2D eigenvalue weighted by Crippen LogP contribution is -2.33. The van der Waals surface area contributed by atoms with Crippen molar-refractivity contribution in [3.63, 3.8) is 0 Å². The molecule has 3 aromatic rings. The summed E-state index contributed by atoms with van der Waals surface area (Å²) < 4.78 is 5.81. The molecule has 0 bridgehead atoms. The second-order valence-corrected chi connectivity index (χ2v) is 8.40. The molecular formula is C27H36N2O2. The largest absolute Gasteiger partial charge is 0.460 e. The number of aryl methyl sites for hydroxylation is 1. The lowest BCUT2D eigenvalue weighted by atomic mass is 10.0. The number of hydrogen-bond donors (Lipinski definition) is 0. The Labute approximate surface area is 186 Å². The van der Waals surface area contributed by atoms with Gasteiger partial charge in [0, 0.05) is 18.5 Å². The highest BCUT2D eigenvalue weighted by Gasteiger charge is 2.20. The molecule has 0 aliphatic carbocycles. The number of para-hydroxylation sites is 1. The van der Waals surface area contributed by atoms with Crippen molar-refractivity contribution < 1.29 is 9.21 Å². The molecule has 3 rings (SSSR count). The van der Waals surface area contributed by atoms with Crippen LogP contribution in [0.5, 0.6) is 0 Å². The number of carbonyl (C=O) groups is 1. The smallest absolute Gasteiger partial charge is 0.254 e. The van der Waals surface area contributed by atoms with Crippen molar-refractivity contribution in [2.75, 3.05) is 13.1 Å². The molecule has 0 saturated carbocycles. The average molecular weight is 421 g/mol. The van der Waals surface area contributed by atoms with E-state index in [9.17, 15) is 4.79 Å². The molecule has 0 unspecified atom stereocenters. The standard InChI is InChI=1S/C27H36N2O2/c1-4-6-8-12-18-29(19-13-9-7-5-2)27(30)23-20-25(26-17-16-21(3)31-26)28-24-15-11-10-14-22(23)24/h10-11,14-17,20H,4-9,12-13,18-19H2,1-3H3. The van der Waals surface area contributed by atoms with E-state index in [1.807, 2.05) is 49.4 Å². The Bertz CT molecular complexity index is 964. The quantitative estimate of drug-likeness (QED) is 0.287. The van der Waals surface area contributed by atoms with E-state index in [1.54, 1.807) is 0 Å². The fourth-order valence-corrected chi connectivity index (χ4v) is 3.99. The maximum absolute atomic E-state index is 13.7. The zero-order valence-electron chi connectivity index (χ0n) is 19.3. The number of carbonyl (C=O) groups excluding carboxylic acids is 1. The average Bonchev–Trinajstić information content (AvgIpc) is 3.23. The van der Waals surface area contributed by atoms with Crippen LogP contribution in [0.2, 0.25) is 0 Å². The van der Waals surface area contributed by atoms with Crippen molar-refractivity contribution in [1.29, 1.82) is 0 Å². The zero-order valence-corrected chi connectivity index (χ0v) is 19.3. The third kappa shape index (κ3) is 6.19. The van der Waals surface area contributed by atoms with Crippen LogP contribution >= 0.6 is 0 Å². The Balaban J connectivity index is 1.91. The second kappa shape index (κ2) is 11.7. The summed E-state index contributed by atoms with van der Waals surface area (Å²) in [5.41, 5.74) is 2.27. The predicted molar refractivity (Wildman–Crippen MR) is 128 cm³/mol. The van der Waals surface area contributed by atoms with Crippen molar-refractivity contribution in [2.45, 2.75) is 72.1 Å². The van der Waals surface area contributed by atoms with Gasteiger partial charge in [-0.15, -0.1) is 0 Å². The first-order valence-electron chi connectivity index (χ1n) is 11.9. The fraction of sp³-hybridized carbons (Fsp3) is 0.481. The number of nitrogens with zero attached hydrogens (tertiary/aromatic N) is 2. The molecule has 0 aliphatic heterocycles. The Morgan fingerprint density at radius 2 is 1.58 bits per heavy atom. The molecule has 0 saturated heterocycles. The minimum absolute atomic E-state index is 0.108. The van der Waals surface area contributed by atoms with Gasteiger partial charge in [0.1, 0.15) is 11.5 Å². The number of aromatic nitrogens is 1. The highest BCUT2D eigenvalue weighted by atomic mass is 16.3. The van der Waals surface area contributed by atoms with E-state index in [-0.39, 0.29) is 5.91 Å². The lowest BCUT2D eigenvalue weighted by molar-refractivity contribution is 0.0751. The first-order valence-corrected chi connectivity index (χ1v) is 11.9. The van der Waals surface area contributed by atoms with Crippen molar-refractivity contribution in [3.05, 3.63) is 53.8 Å². The summed E-state index contributed by atoms with van der Waals surface area (Å²) >= 11 is 0. The van der Waals surface area contributed by atoms with Gasteiger partial charge >= 0.3 is 0 Å². The van der Waals surface area contributed by atoms with Crippen LogP contribution in [-0.2, 0) is 0 Å². The Morgan fingerprint density at radius 3 is 2.19 bits per heavy atom. The molecule has 2 aromatic heterocycles. The van der Waals surface area contributed by atoms with E-state index in [0.29, 0.717) is 11.5 Å². The van der Waals surface area contributed by atoms with Crippen LogP contribution in [-0.4, -0.2) is 28.9 Å². The Morgan fingerprint density at radius 1 is 0.903 bits per heavy atom. The predicted octanol–water partition coefficient (Wildman–Crippen LogP) is 7.41. The number of pyridine rings is 1. The van der Waals surface area contributed by atoms with Gasteiger partial charge in [-0.1, -0.05) is 70.6 Å². The summed E-state index contributed by atoms with van der Waals surface area (Å²) in [4.78, 5) is 20.6. The lowest BCUT2D eigenvalue weighted by Gasteiger charge is -2.24. The molecule has 166 valence electrons. The van der Waals surface area contributed by atoms with E-state index in [1.165, 1.54) is 38.5 Å². The Kier molecular flexibility index (Phi) is 8.69. The molecular weight excluding hydrogens is 384 g/mol. The van der Waals surface area contributed by atoms with Crippen LogP contribution < -0.4 is 0 Å². The maximum Gasteiger partial charge on any atom is 0.254 e. The molecule has 0 radical (unpaired) electrons. The molecule has 31 heavy (non-hydrogen) atoms. The topological polar surface area (TPSA) is 46.3 Å². The molecule has 0 atom stereocenters. The van der Waals surface area contributed by atoms with E-state index >= 15 is 0 Å². The van der Waals surface area contributed by atoms with Crippen molar-refractivity contribution in [1.82, 2.24) is 9.88 Å². The van der Waals surface area contributed by atoms with Crippen molar-refractivity contribution in [2.24, 2.45) is 0 Å². The first kappa shape index (κ1) is 23.1. The number of furan rings is 1. The number of amides is 1. The van der Waals surface area contributed by atoms with Gasteiger partial charge in [-0.05, 0) is 44.0 Å². The van der Waals surface area contributed by atoms with Crippen LogP contribution in [0, 0.1) is 6.92 Å². The molecule has 4 heteroatoms. The summed E-state index contributed by atoms with van der Waals surface area (Å²) in [6, 6.07) is 13.7. The molecule has 1 aromatic carbocycles. The van der Waals surface area contributed by atoms with E-state index < -0.39 is 0 Å². The van der Waals surface area contributed by atoms with Gasteiger partial charge in [0.05, 0.1) is 11.1 Å². The van der Waals surface area contributed by atoms with Gasteiger partial charge in [-0.3, -0.25) is 4.79 Å².